The number of nitrogen functional groups attached to an aromatic ring is 1. The second kappa shape index (κ2) is 4.12. The number of hydrogen-bond acceptors (Lipinski definition) is 4. The van der Waals surface area contributed by atoms with Gasteiger partial charge in [-0.15, -0.1) is 10.2 Å². The van der Waals surface area contributed by atoms with Crippen molar-refractivity contribution in [3.05, 3.63) is 40.8 Å². The van der Waals surface area contributed by atoms with Crippen LogP contribution in [-0.4, -0.2) is 19.6 Å². The molecular formula is C11H7Cl2N5. The number of aromatic nitrogens is 4. The summed E-state index contributed by atoms with van der Waals surface area (Å²) in [5.74, 6) is 0.613. The normalized spacial score (nSPS) is 11.0. The second-order valence-corrected chi connectivity index (χ2v) is 4.50. The van der Waals surface area contributed by atoms with Crippen LogP contribution in [0.2, 0.25) is 10.0 Å². The zero-order valence-corrected chi connectivity index (χ0v) is 10.5. The van der Waals surface area contributed by atoms with Gasteiger partial charge in [-0.2, -0.15) is 0 Å². The molecule has 0 atom stereocenters. The Hall–Kier alpha value is -1.85. The van der Waals surface area contributed by atoms with E-state index in [0.717, 1.165) is 5.56 Å². The minimum Gasteiger partial charge on any atom is -0.396 e. The van der Waals surface area contributed by atoms with Gasteiger partial charge in [-0.05, 0) is 12.1 Å². The van der Waals surface area contributed by atoms with Gasteiger partial charge < -0.3 is 5.73 Å². The van der Waals surface area contributed by atoms with Crippen LogP contribution in [0, 0.1) is 0 Å². The van der Waals surface area contributed by atoms with Gasteiger partial charge in [0.2, 0.25) is 0 Å². The third-order valence-corrected chi connectivity index (χ3v) is 3.18. The molecule has 0 radical (unpaired) electrons. The number of nitrogens with zero attached hydrogens (tertiary/aromatic N) is 4. The lowest BCUT2D eigenvalue weighted by atomic mass is 10.2. The van der Waals surface area contributed by atoms with Crippen LogP contribution in [0.4, 0.5) is 5.69 Å². The predicted octanol–water partition coefficient (Wildman–Crippen LogP) is 2.68. The molecule has 0 aliphatic carbocycles. The van der Waals surface area contributed by atoms with Crippen LogP contribution in [0.1, 0.15) is 0 Å². The van der Waals surface area contributed by atoms with Crippen LogP contribution in [-0.2, 0) is 0 Å². The maximum atomic E-state index is 6.00. The van der Waals surface area contributed by atoms with E-state index < -0.39 is 0 Å². The van der Waals surface area contributed by atoms with Crippen molar-refractivity contribution in [3.63, 3.8) is 0 Å². The summed E-state index contributed by atoms with van der Waals surface area (Å²) in [6.45, 7) is 0. The van der Waals surface area contributed by atoms with E-state index in [4.69, 9.17) is 28.9 Å². The fourth-order valence-electron chi connectivity index (χ4n) is 1.66. The van der Waals surface area contributed by atoms with Crippen molar-refractivity contribution in [2.24, 2.45) is 0 Å². The summed E-state index contributed by atoms with van der Waals surface area (Å²) in [5.41, 5.74) is 7.49. The Morgan fingerprint density at radius 1 is 1.11 bits per heavy atom. The molecule has 0 aliphatic rings. The Bertz CT molecular complexity index is 714. The first-order valence-electron chi connectivity index (χ1n) is 5.06. The number of anilines is 1. The van der Waals surface area contributed by atoms with Crippen molar-refractivity contribution in [3.8, 4) is 11.4 Å². The van der Waals surface area contributed by atoms with Gasteiger partial charge >= 0.3 is 0 Å². The number of rotatable bonds is 1. The number of nitrogens with two attached hydrogens (primary N) is 1. The molecule has 90 valence electrons. The maximum Gasteiger partial charge on any atom is 0.169 e. The average Bonchev–Trinajstić information content (AvgIpc) is 2.79. The topological polar surface area (TPSA) is 69.1 Å². The van der Waals surface area contributed by atoms with Crippen LogP contribution < -0.4 is 5.73 Å². The van der Waals surface area contributed by atoms with Crippen molar-refractivity contribution in [2.75, 3.05) is 5.73 Å². The van der Waals surface area contributed by atoms with E-state index in [1.807, 2.05) is 0 Å². The van der Waals surface area contributed by atoms with Crippen LogP contribution in [0.25, 0.3) is 17.0 Å². The van der Waals surface area contributed by atoms with Gasteiger partial charge in [0.05, 0.1) is 15.7 Å². The number of hydrogen-bond donors (Lipinski definition) is 1. The van der Waals surface area contributed by atoms with Crippen LogP contribution in [0.3, 0.4) is 0 Å². The molecule has 5 nitrogen and oxygen atoms in total. The average molecular weight is 280 g/mol. The lowest BCUT2D eigenvalue weighted by Gasteiger charge is -2.04. The van der Waals surface area contributed by atoms with Gasteiger partial charge in [0.1, 0.15) is 6.33 Å². The molecule has 0 saturated carbocycles. The Morgan fingerprint density at radius 2 is 1.83 bits per heavy atom. The second-order valence-electron chi connectivity index (χ2n) is 3.69. The summed E-state index contributed by atoms with van der Waals surface area (Å²) in [7, 11) is 0. The summed E-state index contributed by atoms with van der Waals surface area (Å²) in [5, 5.41) is 8.90. The van der Waals surface area contributed by atoms with Crippen molar-refractivity contribution in [1.82, 2.24) is 19.6 Å². The van der Waals surface area contributed by atoms with Gasteiger partial charge in [0.15, 0.2) is 11.5 Å². The molecule has 7 heteroatoms. The molecule has 0 fully saturated rings. The van der Waals surface area contributed by atoms with Gasteiger partial charge in [0.25, 0.3) is 0 Å². The summed E-state index contributed by atoms with van der Waals surface area (Å²) in [6.07, 6.45) is 3.28. The number of benzene rings is 1. The first kappa shape index (κ1) is 11.3. The molecule has 3 rings (SSSR count). The molecule has 0 unspecified atom stereocenters. The highest BCUT2D eigenvalue weighted by Gasteiger charge is 2.11. The van der Waals surface area contributed by atoms with E-state index in [9.17, 15) is 0 Å². The lowest BCUT2D eigenvalue weighted by Crippen LogP contribution is -1.93. The van der Waals surface area contributed by atoms with Crippen LogP contribution >= 0.6 is 23.2 Å². The van der Waals surface area contributed by atoms with E-state index in [-0.39, 0.29) is 0 Å². The van der Waals surface area contributed by atoms with Crippen molar-refractivity contribution in [2.45, 2.75) is 0 Å². The molecule has 0 saturated heterocycles. The lowest BCUT2D eigenvalue weighted by molar-refractivity contribution is 1.08. The Balaban J connectivity index is 2.26. The summed E-state index contributed by atoms with van der Waals surface area (Å²) in [6, 6.07) is 5.16. The minimum absolute atomic E-state index is 0.356. The van der Waals surface area contributed by atoms with Gasteiger partial charge in [-0.3, -0.25) is 4.40 Å². The zero-order chi connectivity index (χ0) is 12.7. The maximum absolute atomic E-state index is 6.00. The molecule has 2 N–H and O–H groups in total. The molecule has 0 amide bonds. The van der Waals surface area contributed by atoms with Gasteiger partial charge in [-0.1, -0.05) is 23.2 Å². The molecule has 0 aliphatic heterocycles. The molecule has 2 aromatic heterocycles. The summed E-state index contributed by atoms with van der Waals surface area (Å²) >= 11 is 12.0. The highest BCUT2D eigenvalue weighted by molar-refractivity contribution is 6.39. The monoisotopic (exact) mass is 279 g/mol. The van der Waals surface area contributed by atoms with Crippen molar-refractivity contribution < 1.29 is 0 Å². The molecule has 18 heavy (non-hydrogen) atoms. The van der Waals surface area contributed by atoms with Gasteiger partial charge in [0, 0.05) is 17.8 Å². The first-order valence-corrected chi connectivity index (χ1v) is 5.82. The summed E-state index contributed by atoms with van der Waals surface area (Å²) in [4.78, 5) is 4.03. The first-order chi connectivity index (χ1) is 8.66. The molecule has 3 aromatic rings. The highest BCUT2D eigenvalue weighted by atomic mass is 35.5. The van der Waals surface area contributed by atoms with Gasteiger partial charge in [-0.25, -0.2) is 4.98 Å². The fraction of sp³-hybridized carbons (Fsp3) is 0. The van der Waals surface area contributed by atoms with E-state index >= 15 is 0 Å². The Kier molecular flexibility index (Phi) is 2.57. The minimum atomic E-state index is 0.356. The third kappa shape index (κ3) is 1.68. The third-order valence-electron chi connectivity index (χ3n) is 2.55. The number of fused-ring (bicyclic) bond motifs is 1. The molecular weight excluding hydrogens is 273 g/mol. The largest absolute Gasteiger partial charge is 0.396 e. The fourth-order valence-corrected chi connectivity index (χ4v) is 2.14. The van der Waals surface area contributed by atoms with E-state index in [2.05, 4.69) is 15.2 Å². The van der Waals surface area contributed by atoms with Crippen molar-refractivity contribution >= 4 is 34.5 Å². The van der Waals surface area contributed by atoms with E-state index in [1.165, 1.54) is 0 Å². The van der Waals surface area contributed by atoms with Crippen LogP contribution in [0.15, 0.2) is 30.7 Å². The smallest absolute Gasteiger partial charge is 0.169 e. The molecule has 1 aromatic carbocycles. The quantitative estimate of drug-likeness (QED) is 0.696. The summed E-state index contributed by atoms with van der Waals surface area (Å²) < 4.78 is 1.75. The predicted molar refractivity (Wildman–Crippen MR) is 70.7 cm³/mol. The Morgan fingerprint density at radius 3 is 2.56 bits per heavy atom. The highest BCUT2D eigenvalue weighted by Crippen LogP contribution is 2.32. The molecule has 0 bridgehead atoms. The van der Waals surface area contributed by atoms with E-state index in [0.29, 0.717) is 27.2 Å². The molecule has 0 spiro atoms. The Labute approximate surface area is 112 Å². The zero-order valence-electron chi connectivity index (χ0n) is 9.01. The van der Waals surface area contributed by atoms with E-state index in [1.54, 1.807) is 35.1 Å². The van der Waals surface area contributed by atoms with Crippen LogP contribution in [0.5, 0.6) is 0 Å². The number of halogens is 2. The molecule has 2 heterocycles. The van der Waals surface area contributed by atoms with Crippen molar-refractivity contribution in [1.29, 1.82) is 0 Å². The standard InChI is InChI=1S/C11H7Cl2N5/c12-7-3-6(4-8(13)10(7)14)11-17-16-9-1-2-15-5-18(9)11/h1-5H,14H2. The SMILES string of the molecule is Nc1c(Cl)cc(-c2nnc3ccncn23)cc1Cl.